The molecule has 0 unspecified atom stereocenters. The third kappa shape index (κ3) is 1.36. The quantitative estimate of drug-likeness (QED) is 0.597. The maximum atomic E-state index is 10.7. The lowest BCUT2D eigenvalue weighted by atomic mass is 10.6. The SMILES string of the molecule is Cc1cnc(S(C)(=O)=O)o1. The van der Waals surface area contributed by atoms with E-state index in [1.807, 2.05) is 0 Å². The Morgan fingerprint density at radius 1 is 1.60 bits per heavy atom. The van der Waals surface area contributed by atoms with Crippen LogP contribution in [0, 0.1) is 6.92 Å². The van der Waals surface area contributed by atoms with E-state index >= 15 is 0 Å². The second kappa shape index (κ2) is 2.09. The summed E-state index contributed by atoms with van der Waals surface area (Å²) < 4.78 is 26.1. The van der Waals surface area contributed by atoms with E-state index < -0.39 is 9.84 Å². The summed E-state index contributed by atoms with van der Waals surface area (Å²) in [7, 11) is -3.26. The van der Waals surface area contributed by atoms with Crippen LogP contribution in [0.1, 0.15) is 5.76 Å². The summed E-state index contributed by atoms with van der Waals surface area (Å²) in [6.45, 7) is 1.64. The standard InChI is InChI=1S/C5H7NO3S/c1-4-3-6-5(9-4)10(2,7)8/h3H,1-2H3. The molecule has 0 aliphatic rings. The van der Waals surface area contributed by atoms with E-state index in [-0.39, 0.29) is 5.22 Å². The van der Waals surface area contributed by atoms with E-state index in [1.54, 1.807) is 6.92 Å². The van der Waals surface area contributed by atoms with Gasteiger partial charge < -0.3 is 4.42 Å². The zero-order valence-corrected chi connectivity index (χ0v) is 6.47. The van der Waals surface area contributed by atoms with Crippen molar-refractivity contribution >= 4 is 9.84 Å². The van der Waals surface area contributed by atoms with Gasteiger partial charge in [-0.25, -0.2) is 13.4 Å². The fourth-order valence-corrected chi connectivity index (χ4v) is 1.03. The summed E-state index contributed by atoms with van der Waals surface area (Å²) in [5.41, 5.74) is 0. The highest BCUT2D eigenvalue weighted by Gasteiger charge is 2.12. The Bertz CT molecular complexity index is 324. The Balaban J connectivity index is 3.21. The molecule has 5 heteroatoms. The third-order valence-corrected chi connectivity index (χ3v) is 1.74. The topological polar surface area (TPSA) is 60.2 Å². The van der Waals surface area contributed by atoms with Gasteiger partial charge in [0.1, 0.15) is 5.76 Å². The van der Waals surface area contributed by atoms with Gasteiger partial charge in [0.2, 0.25) is 9.84 Å². The zero-order chi connectivity index (χ0) is 7.78. The Morgan fingerprint density at radius 3 is 2.40 bits per heavy atom. The van der Waals surface area contributed by atoms with Crippen molar-refractivity contribution in [3.63, 3.8) is 0 Å². The van der Waals surface area contributed by atoms with Crippen LogP contribution in [-0.2, 0) is 9.84 Å². The van der Waals surface area contributed by atoms with Crippen LogP contribution in [0.3, 0.4) is 0 Å². The van der Waals surface area contributed by atoms with E-state index in [9.17, 15) is 8.42 Å². The smallest absolute Gasteiger partial charge is 0.314 e. The molecule has 0 bridgehead atoms. The third-order valence-electron chi connectivity index (χ3n) is 0.917. The van der Waals surface area contributed by atoms with E-state index in [0.29, 0.717) is 5.76 Å². The Kier molecular flexibility index (Phi) is 1.52. The van der Waals surface area contributed by atoms with Gasteiger partial charge in [-0.15, -0.1) is 0 Å². The number of oxazole rings is 1. The second-order valence-electron chi connectivity index (χ2n) is 2.01. The minimum Gasteiger partial charge on any atom is -0.433 e. The van der Waals surface area contributed by atoms with Crippen LogP contribution in [0.4, 0.5) is 0 Å². The molecule has 56 valence electrons. The number of nitrogens with zero attached hydrogens (tertiary/aromatic N) is 1. The first-order chi connectivity index (χ1) is 4.50. The van der Waals surface area contributed by atoms with Crippen LogP contribution in [0.25, 0.3) is 0 Å². The molecule has 0 saturated carbocycles. The van der Waals surface area contributed by atoms with Gasteiger partial charge in [-0.2, -0.15) is 0 Å². The van der Waals surface area contributed by atoms with Gasteiger partial charge in [0.25, 0.3) is 0 Å². The molecule has 0 saturated heterocycles. The minimum atomic E-state index is -3.26. The Morgan fingerprint density at radius 2 is 2.20 bits per heavy atom. The van der Waals surface area contributed by atoms with Crippen LogP contribution in [0.2, 0.25) is 0 Å². The molecule has 4 nitrogen and oxygen atoms in total. The first kappa shape index (κ1) is 7.27. The van der Waals surface area contributed by atoms with Gasteiger partial charge in [-0.05, 0) is 6.92 Å². The molecule has 0 fully saturated rings. The number of hydrogen-bond acceptors (Lipinski definition) is 4. The highest BCUT2D eigenvalue weighted by Crippen LogP contribution is 2.07. The van der Waals surface area contributed by atoms with Crippen LogP contribution in [0.15, 0.2) is 15.8 Å². The number of rotatable bonds is 1. The molecule has 0 N–H and O–H groups in total. The van der Waals surface area contributed by atoms with Gasteiger partial charge in [-0.3, -0.25) is 0 Å². The van der Waals surface area contributed by atoms with Crippen molar-refractivity contribution in [1.29, 1.82) is 0 Å². The molecule has 0 radical (unpaired) electrons. The molecule has 10 heavy (non-hydrogen) atoms. The summed E-state index contributed by atoms with van der Waals surface area (Å²) in [5, 5.41) is -0.218. The van der Waals surface area contributed by atoms with Crippen molar-refractivity contribution in [2.45, 2.75) is 12.1 Å². The molecule has 0 aliphatic carbocycles. The predicted octanol–water partition coefficient (Wildman–Crippen LogP) is 0.387. The van der Waals surface area contributed by atoms with Crippen LogP contribution >= 0.6 is 0 Å². The molecular weight excluding hydrogens is 154 g/mol. The summed E-state index contributed by atoms with van der Waals surface area (Å²) in [6.07, 6.45) is 2.43. The average Bonchev–Trinajstić information content (AvgIpc) is 2.11. The van der Waals surface area contributed by atoms with E-state index in [4.69, 9.17) is 4.42 Å². The van der Waals surface area contributed by atoms with Crippen LogP contribution < -0.4 is 0 Å². The molecule has 0 aromatic carbocycles. The van der Waals surface area contributed by atoms with Crippen LogP contribution in [-0.4, -0.2) is 19.7 Å². The normalized spacial score (nSPS) is 11.8. The molecule has 1 aromatic rings. The highest BCUT2D eigenvalue weighted by molar-refractivity contribution is 7.90. The van der Waals surface area contributed by atoms with Crippen LogP contribution in [0.5, 0.6) is 0 Å². The first-order valence-corrected chi connectivity index (χ1v) is 4.52. The van der Waals surface area contributed by atoms with Crippen molar-refractivity contribution in [2.75, 3.05) is 6.26 Å². The fourth-order valence-electron chi connectivity index (χ4n) is 0.505. The Labute approximate surface area is 58.8 Å². The van der Waals surface area contributed by atoms with Crippen molar-refractivity contribution in [2.24, 2.45) is 0 Å². The lowest BCUT2D eigenvalue weighted by Crippen LogP contribution is -1.95. The summed E-state index contributed by atoms with van der Waals surface area (Å²) in [5.74, 6) is 0.500. The maximum absolute atomic E-state index is 10.7. The largest absolute Gasteiger partial charge is 0.433 e. The van der Waals surface area contributed by atoms with Crippen molar-refractivity contribution in [3.05, 3.63) is 12.0 Å². The number of sulfone groups is 1. The molecule has 0 amide bonds. The van der Waals surface area contributed by atoms with Gasteiger partial charge in [0.15, 0.2) is 0 Å². The molecule has 1 heterocycles. The predicted molar refractivity (Wildman–Crippen MR) is 34.3 cm³/mol. The van der Waals surface area contributed by atoms with Crippen molar-refractivity contribution in [1.82, 2.24) is 4.98 Å². The lowest BCUT2D eigenvalue weighted by Gasteiger charge is -1.85. The summed E-state index contributed by atoms with van der Waals surface area (Å²) in [4.78, 5) is 3.53. The summed E-state index contributed by atoms with van der Waals surface area (Å²) in [6, 6.07) is 0. The number of aromatic nitrogens is 1. The highest BCUT2D eigenvalue weighted by atomic mass is 32.2. The Hall–Kier alpha value is -0.840. The van der Waals surface area contributed by atoms with Crippen molar-refractivity contribution in [3.8, 4) is 0 Å². The maximum Gasteiger partial charge on any atom is 0.314 e. The van der Waals surface area contributed by atoms with Gasteiger partial charge in [0, 0.05) is 6.26 Å². The number of hydrogen-bond donors (Lipinski definition) is 0. The number of aryl methyl sites for hydroxylation is 1. The van der Waals surface area contributed by atoms with E-state index in [0.717, 1.165) is 6.26 Å². The fraction of sp³-hybridized carbons (Fsp3) is 0.400. The van der Waals surface area contributed by atoms with Crippen molar-refractivity contribution < 1.29 is 12.8 Å². The van der Waals surface area contributed by atoms with Gasteiger partial charge in [-0.1, -0.05) is 0 Å². The van der Waals surface area contributed by atoms with E-state index in [1.165, 1.54) is 6.20 Å². The van der Waals surface area contributed by atoms with Gasteiger partial charge in [0.05, 0.1) is 6.20 Å². The average molecular weight is 161 g/mol. The second-order valence-corrected chi connectivity index (χ2v) is 3.90. The zero-order valence-electron chi connectivity index (χ0n) is 5.66. The molecule has 0 spiro atoms. The van der Waals surface area contributed by atoms with E-state index in [2.05, 4.69) is 4.98 Å². The molecule has 1 aromatic heterocycles. The lowest BCUT2D eigenvalue weighted by molar-refractivity contribution is 0.412. The van der Waals surface area contributed by atoms with Gasteiger partial charge >= 0.3 is 5.22 Å². The molecule has 1 rings (SSSR count). The molecule has 0 aliphatic heterocycles. The first-order valence-electron chi connectivity index (χ1n) is 2.62. The summed E-state index contributed by atoms with van der Waals surface area (Å²) >= 11 is 0. The monoisotopic (exact) mass is 161 g/mol. The minimum absolute atomic E-state index is 0.218. The molecular formula is C5H7NO3S. The molecule has 0 atom stereocenters.